The number of ether oxygens (including phenoxy) is 2. The molecule has 0 aliphatic carbocycles. The first-order valence-corrected chi connectivity index (χ1v) is 6.56. The Kier molecular flexibility index (Phi) is 3.11. The quantitative estimate of drug-likeness (QED) is 0.821. The van der Waals surface area contributed by atoms with Crippen molar-refractivity contribution in [3.05, 3.63) is 42.0 Å². The second kappa shape index (κ2) is 4.92. The van der Waals surface area contributed by atoms with Crippen LogP contribution in [0.25, 0.3) is 11.3 Å². The molecule has 1 aliphatic heterocycles. The number of nitrogens with zero attached hydrogens (tertiary/aromatic N) is 1. The van der Waals surface area contributed by atoms with E-state index in [1.54, 1.807) is 7.11 Å². The summed E-state index contributed by atoms with van der Waals surface area (Å²) < 4.78 is 10.9. The molecule has 1 aromatic heterocycles. The maximum Gasteiger partial charge on any atom is 0.213 e. The highest BCUT2D eigenvalue weighted by Crippen LogP contribution is 2.36. The molecule has 1 unspecified atom stereocenters. The predicted octanol–water partition coefficient (Wildman–Crippen LogP) is 3.64. The van der Waals surface area contributed by atoms with E-state index in [1.165, 1.54) is 5.56 Å². The van der Waals surface area contributed by atoms with Gasteiger partial charge in [0.2, 0.25) is 5.88 Å². The molecule has 3 nitrogen and oxygen atoms in total. The van der Waals surface area contributed by atoms with Crippen molar-refractivity contribution in [3.63, 3.8) is 0 Å². The second-order valence-corrected chi connectivity index (χ2v) is 4.86. The smallest absolute Gasteiger partial charge is 0.213 e. The van der Waals surface area contributed by atoms with Crippen molar-refractivity contribution in [1.82, 2.24) is 4.98 Å². The lowest BCUT2D eigenvalue weighted by atomic mass is 9.93. The van der Waals surface area contributed by atoms with Crippen LogP contribution < -0.4 is 9.47 Å². The fourth-order valence-electron chi connectivity index (χ4n) is 2.41. The van der Waals surface area contributed by atoms with Gasteiger partial charge in [0.1, 0.15) is 5.75 Å². The number of fused-ring (bicyclic) bond motifs is 1. The summed E-state index contributed by atoms with van der Waals surface area (Å²) in [4.78, 5) is 4.47. The molecule has 98 valence electrons. The Bertz CT molecular complexity index is 595. The molecule has 2 aromatic rings. The van der Waals surface area contributed by atoms with Gasteiger partial charge in [0.15, 0.2) is 0 Å². The van der Waals surface area contributed by atoms with Crippen LogP contribution in [0, 0.1) is 0 Å². The number of hydrogen-bond donors (Lipinski definition) is 0. The fraction of sp³-hybridized carbons (Fsp3) is 0.312. The molecule has 19 heavy (non-hydrogen) atoms. The molecule has 0 spiro atoms. The minimum atomic E-state index is 0.536. The molecule has 1 atom stereocenters. The van der Waals surface area contributed by atoms with Crippen LogP contribution in [0.5, 0.6) is 11.6 Å². The summed E-state index contributed by atoms with van der Waals surface area (Å²) >= 11 is 0. The van der Waals surface area contributed by atoms with Gasteiger partial charge in [0.05, 0.1) is 19.4 Å². The first-order valence-electron chi connectivity index (χ1n) is 6.56. The molecular formula is C16H17NO2. The van der Waals surface area contributed by atoms with Crippen LogP contribution in [-0.2, 0) is 0 Å². The number of aromatic nitrogens is 1. The minimum absolute atomic E-state index is 0.536. The molecule has 0 amide bonds. The Morgan fingerprint density at radius 2 is 2.16 bits per heavy atom. The second-order valence-electron chi connectivity index (χ2n) is 4.86. The van der Waals surface area contributed by atoms with E-state index in [0.29, 0.717) is 11.8 Å². The zero-order valence-corrected chi connectivity index (χ0v) is 11.2. The number of pyridine rings is 1. The first kappa shape index (κ1) is 12.0. The van der Waals surface area contributed by atoms with Crippen molar-refractivity contribution in [1.29, 1.82) is 0 Å². The zero-order valence-electron chi connectivity index (χ0n) is 11.2. The summed E-state index contributed by atoms with van der Waals surface area (Å²) in [5, 5.41) is 0. The summed E-state index contributed by atoms with van der Waals surface area (Å²) in [7, 11) is 1.63. The summed E-state index contributed by atoms with van der Waals surface area (Å²) in [5.41, 5.74) is 3.31. The Morgan fingerprint density at radius 1 is 1.26 bits per heavy atom. The molecule has 0 radical (unpaired) electrons. The monoisotopic (exact) mass is 255 g/mol. The van der Waals surface area contributed by atoms with Crippen LogP contribution in [0.15, 0.2) is 36.4 Å². The van der Waals surface area contributed by atoms with Crippen LogP contribution in [0.1, 0.15) is 24.8 Å². The van der Waals surface area contributed by atoms with Gasteiger partial charge in [0, 0.05) is 11.6 Å². The molecule has 1 aromatic carbocycles. The van der Waals surface area contributed by atoms with Crippen molar-refractivity contribution in [2.45, 2.75) is 19.3 Å². The molecule has 0 saturated carbocycles. The topological polar surface area (TPSA) is 31.4 Å². The predicted molar refractivity (Wildman–Crippen MR) is 74.8 cm³/mol. The van der Waals surface area contributed by atoms with E-state index in [4.69, 9.17) is 9.47 Å². The third kappa shape index (κ3) is 2.28. The van der Waals surface area contributed by atoms with Crippen molar-refractivity contribution in [3.8, 4) is 22.9 Å². The van der Waals surface area contributed by atoms with Gasteiger partial charge in [-0.25, -0.2) is 4.98 Å². The lowest BCUT2D eigenvalue weighted by molar-refractivity contribution is 0.272. The molecular weight excluding hydrogens is 238 g/mol. The molecule has 1 aliphatic rings. The third-order valence-corrected chi connectivity index (χ3v) is 3.58. The van der Waals surface area contributed by atoms with Crippen LogP contribution in [0.4, 0.5) is 0 Å². The van der Waals surface area contributed by atoms with E-state index in [-0.39, 0.29) is 0 Å². The van der Waals surface area contributed by atoms with Gasteiger partial charge < -0.3 is 9.47 Å². The Labute approximate surface area is 113 Å². The van der Waals surface area contributed by atoms with Gasteiger partial charge >= 0.3 is 0 Å². The number of methoxy groups -OCH3 is 1. The molecule has 0 N–H and O–H groups in total. The maximum atomic E-state index is 5.68. The van der Waals surface area contributed by atoms with E-state index < -0.39 is 0 Å². The summed E-state index contributed by atoms with van der Waals surface area (Å²) in [6.07, 6.45) is 1.07. The van der Waals surface area contributed by atoms with Crippen LogP contribution in [0.3, 0.4) is 0 Å². The molecule has 2 heterocycles. The van der Waals surface area contributed by atoms with Gasteiger partial charge in [0.25, 0.3) is 0 Å². The molecule has 3 heteroatoms. The minimum Gasteiger partial charge on any atom is -0.493 e. The standard InChI is InChI=1S/C16H17NO2/c1-11-8-9-19-15-7-6-12(10-13(11)15)14-4-3-5-16(17-14)18-2/h3-7,10-11H,8-9H2,1-2H3. The zero-order chi connectivity index (χ0) is 13.2. The lowest BCUT2D eigenvalue weighted by Gasteiger charge is -2.23. The molecule has 3 rings (SSSR count). The summed E-state index contributed by atoms with van der Waals surface area (Å²) in [5.74, 6) is 2.18. The van der Waals surface area contributed by atoms with E-state index in [1.807, 2.05) is 24.3 Å². The molecule has 0 saturated heterocycles. The molecule has 0 fully saturated rings. The maximum absolute atomic E-state index is 5.68. The van der Waals surface area contributed by atoms with Gasteiger partial charge in [-0.15, -0.1) is 0 Å². The highest BCUT2D eigenvalue weighted by molar-refractivity contribution is 5.63. The van der Waals surface area contributed by atoms with Gasteiger partial charge in [-0.05, 0) is 42.2 Å². The Balaban J connectivity index is 2.03. The Hall–Kier alpha value is -2.03. The highest BCUT2D eigenvalue weighted by Gasteiger charge is 2.18. The summed E-state index contributed by atoms with van der Waals surface area (Å²) in [6, 6.07) is 12.1. The van der Waals surface area contributed by atoms with Crippen LogP contribution in [-0.4, -0.2) is 18.7 Å². The van der Waals surface area contributed by atoms with E-state index >= 15 is 0 Å². The highest BCUT2D eigenvalue weighted by atomic mass is 16.5. The third-order valence-electron chi connectivity index (χ3n) is 3.58. The van der Waals surface area contributed by atoms with Crippen molar-refractivity contribution >= 4 is 0 Å². The van der Waals surface area contributed by atoms with Gasteiger partial charge in [-0.3, -0.25) is 0 Å². The SMILES string of the molecule is COc1cccc(-c2ccc3c(c2)C(C)CCO3)n1. The lowest BCUT2D eigenvalue weighted by Crippen LogP contribution is -2.11. The number of hydrogen-bond acceptors (Lipinski definition) is 3. The van der Waals surface area contributed by atoms with Gasteiger partial charge in [-0.2, -0.15) is 0 Å². The number of benzene rings is 1. The van der Waals surface area contributed by atoms with E-state index in [0.717, 1.165) is 30.0 Å². The van der Waals surface area contributed by atoms with Gasteiger partial charge in [-0.1, -0.05) is 13.0 Å². The largest absolute Gasteiger partial charge is 0.493 e. The molecule has 0 bridgehead atoms. The average Bonchev–Trinajstić information content (AvgIpc) is 2.47. The number of rotatable bonds is 2. The van der Waals surface area contributed by atoms with E-state index in [2.05, 4.69) is 24.0 Å². The summed E-state index contributed by atoms with van der Waals surface area (Å²) in [6.45, 7) is 3.05. The fourth-order valence-corrected chi connectivity index (χ4v) is 2.41. The van der Waals surface area contributed by atoms with Crippen LogP contribution >= 0.6 is 0 Å². The van der Waals surface area contributed by atoms with Crippen molar-refractivity contribution in [2.24, 2.45) is 0 Å². The van der Waals surface area contributed by atoms with Crippen LogP contribution in [0.2, 0.25) is 0 Å². The normalized spacial score (nSPS) is 17.5. The van der Waals surface area contributed by atoms with Crippen molar-refractivity contribution in [2.75, 3.05) is 13.7 Å². The van der Waals surface area contributed by atoms with Crippen molar-refractivity contribution < 1.29 is 9.47 Å². The first-order chi connectivity index (χ1) is 9.28. The van der Waals surface area contributed by atoms with E-state index in [9.17, 15) is 0 Å². The average molecular weight is 255 g/mol. The Morgan fingerprint density at radius 3 is 3.00 bits per heavy atom.